The maximum atomic E-state index is 12.5. The van der Waals surface area contributed by atoms with Crippen LogP contribution in [-0.4, -0.2) is 38.9 Å². The lowest BCUT2D eigenvalue weighted by Crippen LogP contribution is -2.34. The van der Waals surface area contributed by atoms with Crippen LogP contribution in [0.4, 0.5) is 5.69 Å². The molecule has 0 spiro atoms. The van der Waals surface area contributed by atoms with Gasteiger partial charge in [-0.1, -0.05) is 32.0 Å². The van der Waals surface area contributed by atoms with Crippen LogP contribution >= 0.6 is 0 Å². The van der Waals surface area contributed by atoms with Gasteiger partial charge >= 0.3 is 0 Å². The molecule has 0 fully saturated rings. The molecule has 3 N–H and O–H groups in total. The summed E-state index contributed by atoms with van der Waals surface area (Å²) in [5.74, 6) is 0.195. The molecule has 0 saturated carbocycles. The Labute approximate surface area is 161 Å². The first kappa shape index (κ1) is 20.9. The van der Waals surface area contributed by atoms with Gasteiger partial charge in [-0.15, -0.1) is 0 Å². The number of hydrogen-bond acceptors (Lipinski definition) is 4. The molecule has 0 aliphatic heterocycles. The van der Waals surface area contributed by atoms with Crippen LogP contribution in [0.3, 0.4) is 0 Å². The number of hydrogen-bond donors (Lipinski definition) is 2. The fourth-order valence-electron chi connectivity index (χ4n) is 2.49. The summed E-state index contributed by atoms with van der Waals surface area (Å²) in [5, 5.41) is 0. The molecule has 0 radical (unpaired) electrons. The van der Waals surface area contributed by atoms with E-state index in [4.69, 9.17) is 5.73 Å². The van der Waals surface area contributed by atoms with Crippen molar-refractivity contribution in [3.05, 3.63) is 60.2 Å². The van der Waals surface area contributed by atoms with Crippen LogP contribution in [0, 0.1) is 5.92 Å². The summed E-state index contributed by atoms with van der Waals surface area (Å²) >= 11 is 0. The standard InChI is InChI=1S/C20H27N3O3S/c1-15(2)19(21)13-14-23(3)20(24)16-9-11-18(12-10-16)27(25,26)22-17-7-5-4-6-8-17/h4-12,15,19,22H,13-14,21H2,1-3H3. The largest absolute Gasteiger partial charge is 0.342 e. The van der Waals surface area contributed by atoms with Crippen LogP contribution in [-0.2, 0) is 10.0 Å². The molecule has 2 aromatic carbocycles. The van der Waals surface area contributed by atoms with Gasteiger partial charge in [0, 0.05) is 30.9 Å². The van der Waals surface area contributed by atoms with Crippen molar-refractivity contribution in [1.82, 2.24) is 4.90 Å². The summed E-state index contributed by atoms with van der Waals surface area (Å²) in [6.45, 7) is 4.65. The number of nitrogens with two attached hydrogens (primary N) is 1. The number of para-hydroxylation sites is 1. The highest BCUT2D eigenvalue weighted by Crippen LogP contribution is 2.17. The van der Waals surface area contributed by atoms with Gasteiger partial charge in [0.05, 0.1) is 4.90 Å². The average molecular weight is 390 g/mol. The minimum atomic E-state index is -3.70. The third-order valence-electron chi connectivity index (χ3n) is 4.44. The van der Waals surface area contributed by atoms with E-state index in [2.05, 4.69) is 18.6 Å². The SMILES string of the molecule is CC(C)C(N)CCN(C)C(=O)c1ccc(S(=O)(=O)Nc2ccccc2)cc1. The van der Waals surface area contributed by atoms with E-state index in [9.17, 15) is 13.2 Å². The second-order valence-corrected chi connectivity index (χ2v) is 8.60. The molecular formula is C20H27N3O3S. The topological polar surface area (TPSA) is 92.5 Å². The smallest absolute Gasteiger partial charge is 0.261 e. The van der Waals surface area contributed by atoms with E-state index < -0.39 is 10.0 Å². The minimum Gasteiger partial charge on any atom is -0.342 e. The normalized spacial score (nSPS) is 12.6. The average Bonchev–Trinajstić information content (AvgIpc) is 2.65. The molecule has 1 unspecified atom stereocenters. The zero-order valence-corrected chi connectivity index (χ0v) is 16.7. The molecule has 7 heteroatoms. The van der Waals surface area contributed by atoms with Gasteiger partial charge in [-0.2, -0.15) is 0 Å². The van der Waals surface area contributed by atoms with Gasteiger partial charge in [-0.05, 0) is 48.7 Å². The van der Waals surface area contributed by atoms with Crippen molar-refractivity contribution in [1.29, 1.82) is 0 Å². The number of rotatable bonds is 8. The number of anilines is 1. The summed E-state index contributed by atoms with van der Waals surface area (Å²) in [7, 11) is -1.98. The molecule has 0 heterocycles. The molecule has 1 amide bonds. The molecule has 146 valence electrons. The van der Waals surface area contributed by atoms with Crippen molar-refractivity contribution in [2.24, 2.45) is 11.7 Å². The van der Waals surface area contributed by atoms with Crippen molar-refractivity contribution >= 4 is 21.6 Å². The van der Waals surface area contributed by atoms with Crippen molar-refractivity contribution in [2.75, 3.05) is 18.3 Å². The van der Waals surface area contributed by atoms with E-state index in [-0.39, 0.29) is 16.8 Å². The lowest BCUT2D eigenvalue weighted by atomic mass is 10.0. The molecule has 0 bridgehead atoms. The minimum absolute atomic E-state index is 0.0387. The van der Waals surface area contributed by atoms with Gasteiger partial charge in [0.15, 0.2) is 0 Å². The molecule has 0 aliphatic carbocycles. The van der Waals surface area contributed by atoms with Gasteiger partial charge in [0.2, 0.25) is 0 Å². The first-order chi connectivity index (χ1) is 12.7. The molecule has 6 nitrogen and oxygen atoms in total. The van der Waals surface area contributed by atoms with E-state index in [0.717, 1.165) is 0 Å². The Kier molecular flexibility index (Phi) is 6.98. The van der Waals surface area contributed by atoms with E-state index >= 15 is 0 Å². The maximum absolute atomic E-state index is 12.5. The molecule has 27 heavy (non-hydrogen) atoms. The number of nitrogens with zero attached hydrogens (tertiary/aromatic N) is 1. The lowest BCUT2D eigenvalue weighted by molar-refractivity contribution is 0.0789. The summed E-state index contributed by atoms with van der Waals surface area (Å²) in [6, 6.07) is 14.6. The lowest BCUT2D eigenvalue weighted by Gasteiger charge is -2.21. The van der Waals surface area contributed by atoms with E-state index in [1.807, 2.05) is 6.07 Å². The van der Waals surface area contributed by atoms with Crippen molar-refractivity contribution in [3.63, 3.8) is 0 Å². The Morgan fingerprint density at radius 1 is 1.07 bits per heavy atom. The monoisotopic (exact) mass is 389 g/mol. The van der Waals surface area contributed by atoms with Crippen LogP contribution in [0.5, 0.6) is 0 Å². The highest BCUT2D eigenvalue weighted by Gasteiger charge is 2.17. The van der Waals surface area contributed by atoms with Gasteiger partial charge in [-0.3, -0.25) is 9.52 Å². The van der Waals surface area contributed by atoms with Crippen LogP contribution < -0.4 is 10.5 Å². The number of nitrogens with one attached hydrogen (secondary N) is 1. The zero-order valence-electron chi connectivity index (χ0n) is 15.9. The first-order valence-corrected chi connectivity index (χ1v) is 10.4. The van der Waals surface area contributed by atoms with Gasteiger partial charge in [-0.25, -0.2) is 8.42 Å². The molecule has 0 aliphatic rings. The van der Waals surface area contributed by atoms with E-state index in [1.54, 1.807) is 36.2 Å². The Morgan fingerprint density at radius 3 is 2.22 bits per heavy atom. The Hall–Kier alpha value is -2.38. The van der Waals surface area contributed by atoms with Crippen LogP contribution in [0.1, 0.15) is 30.6 Å². The third-order valence-corrected chi connectivity index (χ3v) is 5.84. The molecule has 0 aromatic heterocycles. The van der Waals surface area contributed by atoms with Crippen molar-refractivity contribution < 1.29 is 13.2 Å². The van der Waals surface area contributed by atoms with E-state index in [1.165, 1.54) is 24.3 Å². The van der Waals surface area contributed by atoms with Crippen molar-refractivity contribution in [3.8, 4) is 0 Å². The number of carbonyl (C=O) groups excluding carboxylic acids is 1. The third kappa shape index (κ3) is 5.80. The molecule has 2 aromatic rings. The van der Waals surface area contributed by atoms with Crippen LogP contribution in [0.25, 0.3) is 0 Å². The van der Waals surface area contributed by atoms with E-state index in [0.29, 0.717) is 30.1 Å². The summed E-state index contributed by atoms with van der Waals surface area (Å²) in [5.41, 5.74) is 6.95. The maximum Gasteiger partial charge on any atom is 0.261 e. The first-order valence-electron chi connectivity index (χ1n) is 8.89. The van der Waals surface area contributed by atoms with Crippen LogP contribution in [0.15, 0.2) is 59.5 Å². The second-order valence-electron chi connectivity index (χ2n) is 6.92. The zero-order chi connectivity index (χ0) is 20.0. The number of sulfonamides is 1. The fourth-order valence-corrected chi connectivity index (χ4v) is 3.55. The number of carbonyl (C=O) groups is 1. The number of benzene rings is 2. The Bertz CT molecular complexity index is 850. The Balaban J connectivity index is 2.04. The molecule has 0 saturated heterocycles. The summed E-state index contributed by atoms with van der Waals surface area (Å²) in [6.07, 6.45) is 0.716. The van der Waals surface area contributed by atoms with Gasteiger partial charge < -0.3 is 10.6 Å². The molecule has 2 rings (SSSR count). The second kappa shape index (κ2) is 9.01. The molecule has 1 atom stereocenters. The quantitative estimate of drug-likeness (QED) is 0.726. The molecular weight excluding hydrogens is 362 g/mol. The summed E-state index contributed by atoms with van der Waals surface area (Å²) < 4.78 is 27.4. The number of amides is 1. The summed E-state index contributed by atoms with van der Waals surface area (Å²) in [4.78, 5) is 14.2. The highest BCUT2D eigenvalue weighted by molar-refractivity contribution is 7.92. The predicted molar refractivity (Wildman–Crippen MR) is 108 cm³/mol. The Morgan fingerprint density at radius 2 is 1.67 bits per heavy atom. The van der Waals surface area contributed by atoms with Crippen LogP contribution in [0.2, 0.25) is 0 Å². The van der Waals surface area contributed by atoms with Gasteiger partial charge in [0.25, 0.3) is 15.9 Å². The fraction of sp³-hybridized carbons (Fsp3) is 0.350. The van der Waals surface area contributed by atoms with Crippen molar-refractivity contribution in [2.45, 2.75) is 31.2 Å². The highest BCUT2D eigenvalue weighted by atomic mass is 32.2. The van der Waals surface area contributed by atoms with Gasteiger partial charge in [0.1, 0.15) is 0 Å². The predicted octanol–water partition coefficient (Wildman–Crippen LogP) is 2.93.